The third-order valence-electron chi connectivity index (χ3n) is 2.39. The number of hydrogen-bond acceptors (Lipinski definition) is 5. The van der Waals surface area contributed by atoms with Crippen LogP contribution in [0.4, 0.5) is 0 Å². The molecule has 0 aliphatic carbocycles. The van der Waals surface area contributed by atoms with Crippen molar-refractivity contribution in [2.24, 2.45) is 0 Å². The van der Waals surface area contributed by atoms with E-state index in [0.29, 0.717) is 32.8 Å². The van der Waals surface area contributed by atoms with Gasteiger partial charge in [0.05, 0.1) is 13.1 Å². The highest BCUT2D eigenvalue weighted by Crippen LogP contribution is 1.95. The van der Waals surface area contributed by atoms with E-state index in [1.165, 1.54) is 0 Å². The number of hydrogen-bond donors (Lipinski definition) is 3. The van der Waals surface area contributed by atoms with E-state index in [9.17, 15) is 9.59 Å². The molecule has 1 aliphatic heterocycles. The second-order valence-corrected chi connectivity index (χ2v) is 3.77. The molecule has 0 spiro atoms. The Bertz CT molecular complexity index is 233. The number of nitrogens with one attached hydrogen (secondary N) is 1. The topological polar surface area (TPSA) is 93.1 Å². The normalized spacial score (nSPS) is 20.0. The molecule has 0 radical (unpaired) electrons. The Hall–Kier alpha value is -1.18. The van der Waals surface area contributed by atoms with E-state index in [2.05, 4.69) is 5.32 Å². The van der Waals surface area contributed by atoms with Gasteiger partial charge in [-0.05, 0) is 0 Å². The Kier molecular flexibility index (Phi) is 5.17. The predicted octanol–water partition coefficient (Wildman–Crippen LogP) is -1.68. The lowest BCUT2D eigenvalue weighted by molar-refractivity contribution is -0.140. The predicted molar refractivity (Wildman–Crippen MR) is 56.2 cm³/mol. The van der Waals surface area contributed by atoms with Crippen molar-refractivity contribution in [3.63, 3.8) is 0 Å². The van der Waals surface area contributed by atoms with Crippen LogP contribution in [0.3, 0.4) is 0 Å². The van der Waals surface area contributed by atoms with Crippen LogP contribution in [0.15, 0.2) is 0 Å². The number of carboxylic acid groups (broad SMARTS) is 2. The summed E-state index contributed by atoms with van der Waals surface area (Å²) in [6.45, 7) is 3.01. The highest BCUT2D eigenvalue weighted by molar-refractivity contribution is 5.69. The van der Waals surface area contributed by atoms with E-state index < -0.39 is 11.9 Å². The van der Waals surface area contributed by atoms with Crippen LogP contribution in [0.5, 0.6) is 0 Å². The van der Waals surface area contributed by atoms with Gasteiger partial charge in [-0.3, -0.25) is 19.4 Å². The van der Waals surface area contributed by atoms with Crippen LogP contribution < -0.4 is 5.32 Å². The average Bonchev–Trinajstić information content (AvgIpc) is 2.14. The zero-order valence-corrected chi connectivity index (χ0v) is 9.06. The summed E-state index contributed by atoms with van der Waals surface area (Å²) in [5.41, 5.74) is 0. The second kappa shape index (κ2) is 6.41. The van der Waals surface area contributed by atoms with Crippen LogP contribution in [0, 0.1) is 0 Å². The fraction of sp³-hybridized carbons (Fsp3) is 0.778. The molecule has 0 amide bonds. The molecule has 1 saturated heterocycles. The lowest BCUT2D eigenvalue weighted by Gasteiger charge is -2.29. The fourth-order valence-electron chi connectivity index (χ4n) is 1.62. The molecule has 1 heterocycles. The zero-order chi connectivity index (χ0) is 12.0. The second-order valence-electron chi connectivity index (χ2n) is 3.77. The Morgan fingerprint density at radius 2 is 1.56 bits per heavy atom. The molecule has 0 aromatic rings. The SMILES string of the molecule is O=C(O)CN1CCNCN(CC(=O)O)CC1. The van der Waals surface area contributed by atoms with Gasteiger partial charge in [0.25, 0.3) is 0 Å². The first-order valence-corrected chi connectivity index (χ1v) is 5.17. The number of nitrogens with zero attached hydrogens (tertiary/aromatic N) is 2. The number of rotatable bonds is 4. The summed E-state index contributed by atoms with van der Waals surface area (Å²) < 4.78 is 0. The summed E-state index contributed by atoms with van der Waals surface area (Å²) >= 11 is 0. The highest BCUT2D eigenvalue weighted by atomic mass is 16.4. The lowest BCUT2D eigenvalue weighted by atomic mass is 10.3. The van der Waals surface area contributed by atoms with Crippen molar-refractivity contribution in [2.75, 3.05) is 45.9 Å². The van der Waals surface area contributed by atoms with Crippen molar-refractivity contribution in [1.82, 2.24) is 15.1 Å². The van der Waals surface area contributed by atoms with E-state index >= 15 is 0 Å². The Labute approximate surface area is 93.6 Å². The molecule has 1 aliphatic rings. The maximum Gasteiger partial charge on any atom is 0.317 e. The van der Waals surface area contributed by atoms with Crippen LogP contribution >= 0.6 is 0 Å². The van der Waals surface area contributed by atoms with Gasteiger partial charge >= 0.3 is 11.9 Å². The van der Waals surface area contributed by atoms with Gasteiger partial charge in [0.2, 0.25) is 0 Å². The first-order valence-electron chi connectivity index (χ1n) is 5.17. The fourth-order valence-corrected chi connectivity index (χ4v) is 1.62. The number of aliphatic carboxylic acids is 2. The van der Waals surface area contributed by atoms with E-state index in [-0.39, 0.29) is 13.1 Å². The van der Waals surface area contributed by atoms with Crippen molar-refractivity contribution in [3.8, 4) is 0 Å². The van der Waals surface area contributed by atoms with Crippen molar-refractivity contribution in [2.45, 2.75) is 0 Å². The molecule has 1 fully saturated rings. The van der Waals surface area contributed by atoms with E-state index in [0.717, 1.165) is 0 Å². The monoisotopic (exact) mass is 231 g/mol. The van der Waals surface area contributed by atoms with Crippen LogP contribution in [0.2, 0.25) is 0 Å². The summed E-state index contributed by atoms with van der Waals surface area (Å²) in [6.07, 6.45) is 0. The maximum atomic E-state index is 10.6. The minimum Gasteiger partial charge on any atom is -0.480 e. The molecule has 0 atom stereocenters. The van der Waals surface area contributed by atoms with Gasteiger partial charge in [0.15, 0.2) is 0 Å². The third-order valence-corrected chi connectivity index (χ3v) is 2.39. The van der Waals surface area contributed by atoms with E-state index in [4.69, 9.17) is 10.2 Å². The molecule has 7 heteroatoms. The average molecular weight is 231 g/mol. The Morgan fingerprint density at radius 3 is 2.19 bits per heavy atom. The quantitative estimate of drug-likeness (QED) is 0.532. The van der Waals surface area contributed by atoms with Crippen LogP contribution in [-0.2, 0) is 9.59 Å². The first-order chi connectivity index (χ1) is 7.58. The summed E-state index contributed by atoms with van der Waals surface area (Å²) in [4.78, 5) is 24.6. The lowest BCUT2D eigenvalue weighted by Crippen LogP contribution is -2.49. The van der Waals surface area contributed by atoms with Gasteiger partial charge in [-0.1, -0.05) is 0 Å². The molecule has 16 heavy (non-hydrogen) atoms. The van der Waals surface area contributed by atoms with Crippen molar-refractivity contribution in [3.05, 3.63) is 0 Å². The minimum absolute atomic E-state index is 0.00257. The molecule has 3 N–H and O–H groups in total. The molecule has 1 rings (SSSR count). The smallest absolute Gasteiger partial charge is 0.317 e. The molecule has 0 unspecified atom stereocenters. The molecule has 7 nitrogen and oxygen atoms in total. The standard InChI is InChI=1S/C9H17N3O4/c13-8(14)5-11-2-1-10-7-12(4-3-11)6-9(15)16/h10H,1-7H2,(H,13,14)(H,15,16). The zero-order valence-electron chi connectivity index (χ0n) is 9.06. The largest absolute Gasteiger partial charge is 0.480 e. The van der Waals surface area contributed by atoms with Gasteiger partial charge in [0.1, 0.15) is 0 Å². The molecule has 0 saturated carbocycles. The Balaban J connectivity index is 2.39. The van der Waals surface area contributed by atoms with Crippen molar-refractivity contribution in [1.29, 1.82) is 0 Å². The number of carboxylic acids is 2. The third kappa shape index (κ3) is 5.06. The molecular weight excluding hydrogens is 214 g/mol. The van der Waals surface area contributed by atoms with E-state index in [1.54, 1.807) is 9.80 Å². The minimum atomic E-state index is -0.868. The van der Waals surface area contributed by atoms with Crippen LogP contribution in [0.1, 0.15) is 0 Å². The maximum absolute atomic E-state index is 10.6. The molecule has 92 valence electrons. The summed E-state index contributed by atoms with van der Waals surface area (Å²) in [5, 5.41) is 20.4. The molecule has 0 aromatic heterocycles. The van der Waals surface area contributed by atoms with Gasteiger partial charge in [-0.15, -0.1) is 0 Å². The Morgan fingerprint density at radius 1 is 1.00 bits per heavy atom. The van der Waals surface area contributed by atoms with Crippen molar-refractivity contribution < 1.29 is 19.8 Å². The number of carbonyl (C=O) groups is 2. The van der Waals surface area contributed by atoms with Crippen molar-refractivity contribution >= 4 is 11.9 Å². The first kappa shape index (κ1) is 12.9. The van der Waals surface area contributed by atoms with Crippen LogP contribution in [0.25, 0.3) is 0 Å². The van der Waals surface area contributed by atoms with Crippen LogP contribution in [-0.4, -0.2) is 77.9 Å². The van der Waals surface area contributed by atoms with Gasteiger partial charge < -0.3 is 15.5 Å². The summed E-state index contributed by atoms with van der Waals surface area (Å²) in [5.74, 6) is -1.72. The van der Waals surface area contributed by atoms with Gasteiger partial charge in [0, 0.05) is 32.8 Å². The summed E-state index contributed by atoms with van der Waals surface area (Å²) in [6, 6.07) is 0. The molecular formula is C9H17N3O4. The van der Waals surface area contributed by atoms with Gasteiger partial charge in [-0.2, -0.15) is 0 Å². The van der Waals surface area contributed by atoms with E-state index in [1.807, 2.05) is 0 Å². The summed E-state index contributed by atoms with van der Waals surface area (Å²) in [7, 11) is 0. The highest BCUT2D eigenvalue weighted by Gasteiger charge is 2.16. The molecule has 0 bridgehead atoms. The van der Waals surface area contributed by atoms with Gasteiger partial charge in [-0.25, -0.2) is 0 Å². The molecule has 0 aromatic carbocycles.